The number of hydrogen-bond donors (Lipinski definition) is 1. The number of unbranched alkanes of at least 4 members (excludes halogenated alkanes) is 6. The molecule has 1 N–H and O–H groups in total. The van der Waals surface area contributed by atoms with E-state index in [1.54, 1.807) is 54.6 Å². The van der Waals surface area contributed by atoms with Crippen molar-refractivity contribution in [3.05, 3.63) is 109 Å². The number of benzene rings is 3. The first kappa shape index (κ1) is 39.3. The molecule has 0 radical (unpaired) electrons. The van der Waals surface area contributed by atoms with Crippen molar-refractivity contribution in [2.24, 2.45) is 0 Å². The molecule has 49 heavy (non-hydrogen) atoms. The summed E-state index contributed by atoms with van der Waals surface area (Å²) in [5.41, 5.74) is 2.11. The lowest BCUT2D eigenvalue weighted by molar-refractivity contribution is -0.286. The molecule has 0 saturated carbocycles. The van der Waals surface area contributed by atoms with Crippen LogP contribution in [0.5, 0.6) is 23.0 Å². The van der Waals surface area contributed by atoms with Gasteiger partial charge in [-0.25, -0.2) is 19.5 Å². The Bertz CT molecular complexity index is 1360. The Hall–Kier alpha value is -4.19. The fourth-order valence-electron chi connectivity index (χ4n) is 4.64. The second-order valence-corrected chi connectivity index (χ2v) is 11.4. The van der Waals surface area contributed by atoms with Gasteiger partial charge in [-0.3, -0.25) is 5.26 Å². The van der Waals surface area contributed by atoms with Crippen molar-refractivity contribution >= 4 is 5.97 Å². The Morgan fingerprint density at radius 2 is 1.35 bits per heavy atom. The van der Waals surface area contributed by atoms with Crippen LogP contribution in [0.15, 0.2) is 92.0 Å². The number of carbonyl (C=O) groups is 1. The molecule has 0 saturated heterocycles. The Morgan fingerprint density at radius 1 is 0.735 bits per heavy atom. The van der Waals surface area contributed by atoms with E-state index >= 15 is 0 Å². The highest BCUT2D eigenvalue weighted by Crippen LogP contribution is 2.25. The Morgan fingerprint density at radius 3 is 1.96 bits per heavy atom. The van der Waals surface area contributed by atoms with Crippen LogP contribution in [0.1, 0.15) is 79.3 Å². The summed E-state index contributed by atoms with van der Waals surface area (Å²) in [7, 11) is 0. The van der Waals surface area contributed by atoms with Crippen molar-refractivity contribution in [3.8, 4) is 23.0 Å². The molecular formula is C39H50O10. The monoisotopic (exact) mass is 678 g/mol. The third-order valence-electron chi connectivity index (χ3n) is 7.45. The highest BCUT2D eigenvalue weighted by molar-refractivity contribution is 5.91. The molecule has 0 heterocycles. The van der Waals surface area contributed by atoms with Crippen molar-refractivity contribution in [2.75, 3.05) is 26.4 Å². The van der Waals surface area contributed by atoms with E-state index in [0.29, 0.717) is 49.2 Å². The van der Waals surface area contributed by atoms with Crippen LogP contribution in [-0.2, 0) is 26.2 Å². The molecule has 10 nitrogen and oxygen atoms in total. The Kier molecular flexibility index (Phi) is 19.2. The normalized spacial score (nSPS) is 11.5. The first-order valence-electron chi connectivity index (χ1n) is 16.9. The third kappa shape index (κ3) is 16.2. The molecule has 0 spiro atoms. The largest absolute Gasteiger partial charge is 0.494 e. The SMILES string of the molecule is C=CCOOCCCCCCOc1ccc(COOc2ccc(OC(=O)c3ccc(OCCCCCCC(C=C)OO)cc3)cc2C)cc1. The summed E-state index contributed by atoms with van der Waals surface area (Å²) in [6, 6.07) is 19.7. The quantitative estimate of drug-likeness (QED) is 0.0209. The minimum absolute atomic E-state index is 0.256. The van der Waals surface area contributed by atoms with E-state index in [9.17, 15) is 4.79 Å². The van der Waals surface area contributed by atoms with E-state index in [0.717, 1.165) is 74.7 Å². The van der Waals surface area contributed by atoms with E-state index in [-0.39, 0.29) is 12.7 Å². The van der Waals surface area contributed by atoms with E-state index in [2.05, 4.69) is 18.0 Å². The molecule has 266 valence electrons. The van der Waals surface area contributed by atoms with Gasteiger partial charge in [0, 0.05) is 0 Å². The Labute approximate surface area is 289 Å². The van der Waals surface area contributed by atoms with E-state index in [1.807, 2.05) is 31.2 Å². The van der Waals surface area contributed by atoms with Crippen LogP contribution >= 0.6 is 0 Å². The Balaban J connectivity index is 1.29. The summed E-state index contributed by atoms with van der Waals surface area (Å²) < 4.78 is 17.2. The van der Waals surface area contributed by atoms with Gasteiger partial charge in [0.15, 0.2) is 5.75 Å². The summed E-state index contributed by atoms with van der Waals surface area (Å²) in [6.45, 7) is 11.5. The minimum atomic E-state index is -0.468. The van der Waals surface area contributed by atoms with Crippen molar-refractivity contribution in [1.29, 1.82) is 0 Å². The molecule has 10 heteroatoms. The zero-order valence-electron chi connectivity index (χ0n) is 28.5. The van der Waals surface area contributed by atoms with Crippen molar-refractivity contribution in [2.45, 2.75) is 77.4 Å². The smallest absolute Gasteiger partial charge is 0.343 e. The predicted molar refractivity (Wildman–Crippen MR) is 187 cm³/mol. The topological polar surface area (TPSA) is 111 Å². The lowest BCUT2D eigenvalue weighted by Gasteiger charge is -2.11. The average molecular weight is 679 g/mol. The number of rotatable bonds is 27. The molecule has 0 amide bonds. The van der Waals surface area contributed by atoms with Crippen molar-refractivity contribution in [1.82, 2.24) is 0 Å². The molecule has 0 aliphatic heterocycles. The van der Waals surface area contributed by atoms with Gasteiger partial charge in [-0.1, -0.05) is 50.0 Å². The van der Waals surface area contributed by atoms with Gasteiger partial charge in [-0.15, -0.1) is 13.2 Å². The molecule has 1 atom stereocenters. The molecule has 0 aliphatic carbocycles. The molecule has 1 unspecified atom stereocenters. The van der Waals surface area contributed by atoms with Gasteiger partial charge in [-0.2, -0.15) is 4.89 Å². The lowest BCUT2D eigenvalue weighted by Crippen LogP contribution is -2.09. The van der Waals surface area contributed by atoms with Crippen LogP contribution in [0, 0.1) is 6.92 Å². The van der Waals surface area contributed by atoms with Gasteiger partial charge < -0.3 is 19.1 Å². The molecule has 3 rings (SSSR count). The summed E-state index contributed by atoms with van der Waals surface area (Å²) >= 11 is 0. The zero-order valence-corrected chi connectivity index (χ0v) is 28.5. The van der Waals surface area contributed by atoms with Gasteiger partial charge in [0.1, 0.15) is 36.6 Å². The molecule has 3 aromatic rings. The number of aryl methyl sites for hydroxylation is 1. The van der Waals surface area contributed by atoms with Crippen LogP contribution in [-0.4, -0.2) is 43.8 Å². The zero-order chi connectivity index (χ0) is 34.9. The number of carbonyl (C=O) groups excluding carboxylic acids is 1. The van der Waals surface area contributed by atoms with E-state index in [1.165, 1.54) is 0 Å². The van der Waals surface area contributed by atoms with E-state index < -0.39 is 5.97 Å². The maximum absolute atomic E-state index is 12.7. The second kappa shape index (κ2) is 24.0. The minimum Gasteiger partial charge on any atom is -0.494 e. The first-order valence-corrected chi connectivity index (χ1v) is 16.9. The van der Waals surface area contributed by atoms with Crippen molar-refractivity contribution < 1.29 is 48.7 Å². The fourth-order valence-corrected chi connectivity index (χ4v) is 4.64. The number of hydrogen-bond acceptors (Lipinski definition) is 10. The van der Waals surface area contributed by atoms with Gasteiger partial charge in [0.2, 0.25) is 0 Å². The third-order valence-corrected chi connectivity index (χ3v) is 7.45. The highest BCUT2D eigenvalue weighted by atomic mass is 17.2. The molecule has 3 aromatic carbocycles. The fraction of sp³-hybridized carbons (Fsp3) is 0.410. The van der Waals surface area contributed by atoms with Gasteiger partial charge >= 0.3 is 5.97 Å². The standard InChI is InChI=1S/C39H50O10/c1-4-25-44-45-28-13-9-8-12-27-42-35-19-15-32(16-20-35)30-46-49-38-24-23-37(29-31(38)3)47-39(40)33-17-21-36(22-18-33)43-26-11-7-6-10-14-34(5-2)48-41/h4-5,15-24,29,34,41H,1-2,6-14,25-28,30H2,3H3. The highest BCUT2D eigenvalue weighted by Gasteiger charge is 2.11. The summed E-state index contributed by atoms with van der Waals surface area (Å²) in [5, 5.41) is 8.71. The van der Waals surface area contributed by atoms with Crippen LogP contribution in [0.25, 0.3) is 0 Å². The van der Waals surface area contributed by atoms with Gasteiger partial charge in [-0.05, 0) is 105 Å². The van der Waals surface area contributed by atoms with Crippen LogP contribution in [0.2, 0.25) is 0 Å². The molecule has 0 aliphatic rings. The van der Waals surface area contributed by atoms with Crippen LogP contribution < -0.4 is 19.1 Å². The molecule has 0 bridgehead atoms. The molecule has 0 fully saturated rings. The maximum Gasteiger partial charge on any atom is 0.343 e. The summed E-state index contributed by atoms with van der Waals surface area (Å²) in [5.74, 6) is 1.96. The lowest BCUT2D eigenvalue weighted by atomic mass is 10.1. The molecular weight excluding hydrogens is 628 g/mol. The first-order chi connectivity index (χ1) is 24.0. The van der Waals surface area contributed by atoms with Gasteiger partial charge in [0.25, 0.3) is 0 Å². The van der Waals surface area contributed by atoms with E-state index in [4.69, 9.17) is 39.0 Å². The number of ether oxygens (including phenoxy) is 3. The van der Waals surface area contributed by atoms with Crippen LogP contribution in [0.3, 0.4) is 0 Å². The summed E-state index contributed by atoms with van der Waals surface area (Å²) in [6.07, 6.45) is 11.6. The van der Waals surface area contributed by atoms with Gasteiger partial charge in [0.05, 0.1) is 25.4 Å². The average Bonchev–Trinajstić information content (AvgIpc) is 3.12. The van der Waals surface area contributed by atoms with Crippen LogP contribution in [0.4, 0.5) is 0 Å². The van der Waals surface area contributed by atoms with Crippen molar-refractivity contribution in [3.63, 3.8) is 0 Å². The summed E-state index contributed by atoms with van der Waals surface area (Å²) in [4.78, 5) is 37.9. The number of esters is 1. The maximum atomic E-state index is 12.7. The predicted octanol–water partition coefficient (Wildman–Crippen LogP) is 9.17. The second-order valence-electron chi connectivity index (χ2n) is 11.4. The molecule has 0 aromatic heterocycles.